The number of carbonyl (C=O) groups is 2. The maximum Gasteiger partial charge on any atom is 0.308 e. The standard InChI is InChI=1S/C14H24N2O3/c1-10(17)16-8-11(14(18)19)7-13(9-16)15-12-5-3-2-4-6-12/h11-13,15H,2-9H2,1H3,(H,18,19). The van der Waals surface area contributed by atoms with E-state index in [9.17, 15) is 14.7 Å². The molecule has 1 saturated carbocycles. The van der Waals surface area contributed by atoms with Crippen LogP contribution in [-0.4, -0.2) is 47.1 Å². The lowest BCUT2D eigenvalue weighted by molar-refractivity contribution is -0.146. The Morgan fingerprint density at radius 1 is 1.11 bits per heavy atom. The lowest BCUT2D eigenvalue weighted by Gasteiger charge is -2.38. The maximum atomic E-state index is 11.5. The SMILES string of the molecule is CC(=O)N1CC(NC2CCCCC2)CC(C(=O)O)C1. The van der Waals surface area contributed by atoms with Gasteiger partial charge in [0.2, 0.25) is 5.91 Å². The highest BCUT2D eigenvalue weighted by Crippen LogP contribution is 2.22. The van der Waals surface area contributed by atoms with Crippen LogP contribution in [0.4, 0.5) is 0 Å². The third kappa shape index (κ3) is 3.93. The van der Waals surface area contributed by atoms with Crippen LogP contribution in [0, 0.1) is 5.92 Å². The van der Waals surface area contributed by atoms with Crippen molar-refractivity contribution in [2.45, 2.75) is 57.5 Å². The molecular formula is C14H24N2O3. The molecule has 2 fully saturated rings. The van der Waals surface area contributed by atoms with E-state index in [1.54, 1.807) is 4.90 Å². The Morgan fingerprint density at radius 2 is 1.79 bits per heavy atom. The van der Waals surface area contributed by atoms with Gasteiger partial charge in [0, 0.05) is 32.1 Å². The molecule has 2 rings (SSSR count). The number of carboxylic acid groups (broad SMARTS) is 1. The monoisotopic (exact) mass is 268 g/mol. The molecule has 1 heterocycles. The van der Waals surface area contributed by atoms with Crippen LogP contribution in [0.2, 0.25) is 0 Å². The van der Waals surface area contributed by atoms with Gasteiger partial charge in [0.05, 0.1) is 5.92 Å². The fraction of sp³-hybridized carbons (Fsp3) is 0.857. The number of rotatable bonds is 3. The molecule has 5 nitrogen and oxygen atoms in total. The third-order valence-corrected chi connectivity index (χ3v) is 4.32. The summed E-state index contributed by atoms with van der Waals surface area (Å²) in [5.74, 6) is -1.25. The molecule has 108 valence electrons. The molecule has 0 spiro atoms. The number of aliphatic carboxylic acids is 1. The number of piperidine rings is 1. The molecule has 0 aromatic rings. The first-order valence-corrected chi connectivity index (χ1v) is 7.30. The van der Waals surface area contributed by atoms with E-state index < -0.39 is 11.9 Å². The summed E-state index contributed by atoms with van der Waals surface area (Å²) in [6.07, 6.45) is 6.80. The Hall–Kier alpha value is -1.10. The van der Waals surface area contributed by atoms with Gasteiger partial charge in [0.25, 0.3) is 0 Å². The van der Waals surface area contributed by atoms with Crippen molar-refractivity contribution in [1.82, 2.24) is 10.2 Å². The molecule has 2 aliphatic rings. The molecule has 1 aliphatic heterocycles. The van der Waals surface area contributed by atoms with Crippen molar-refractivity contribution in [2.24, 2.45) is 5.92 Å². The van der Waals surface area contributed by atoms with Crippen molar-refractivity contribution in [3.05, 3.63) is 0 Å². The van der Waals surface area contributed by atoms with Crippen molar-refractivity contribution < 1.29 is 14.7 Å². The molecule has 2 N–H and O–H groups in total. The van der Waals surface area contributed by atoms with Crippen molar-refractivity contribution >= 4 is 11.9 Å². The molecule has 1 saturated heterocycles. The fourth-order valence-electron chi connectivity index (χ4n) is 3.26. The minimum absolute atomic E-state index is 0.0265. The Bertz CT molecular complexity index is 318. The number of hydrogen-bond donors (Lipinski definition) is 2. The van der Waals surface area contributed by atoms with Crippen LogP contribution in [0.15, 0.2) is 0 Å². The summed E-state index contributed by atoms with van der Waals surface area (Å²) < 4.78 is 0. The van der Waals surface area contributed by atoms with Crippen LogP contribution >= 0.6 is 0 Å². The van der Waals surface area contributed by atoms with Gasteiger partial charge in [0.1, 0.15) is 0 Å². The van der Waals surface area contributed by atoms with E-state index in [0.717, 1.165) is 0 Å². The molecule has 1 amide bonds. The van der Waals surface area contributed by atoms with Gasteiger partial charge in [-0.15, -0.1) is 0 Å². The van der Waals surface area contributed by atoms with Gasteiger partial charge in [-0.25, -0.2) is 0 Å². The van der Waals surface area contributed by atoms with Crippen molar-refractivity contribution in [3.8, 4) is 0 Å². The molecule has 0 radical (unpaired) electrons. The van der Waals surface area contributed by atoms with E-state index in [4.69, 9.17) is 0 Å². The topological polar surface area (TPSA) is 69.6 Å². The van der Waals surface area contributed by atoms with Gasteiger partial charge in [-0.3, -0.25) is 9.59 Å². The molecule has 19 heavy (non-hydrogen) atoms. The Balaban J connectivity index is 1.94. The summed E-state index contributed by atoms with van der Waals surface area (Å²) in [6, 6.07) is 0.627. The van der Waals surface area contributed by atoms with Gasteiger partial charge >= 0.3 is 5.97 Å². The minimum Gasteiger partial charge on any atom is -0.481 e. The zero-order valence-electron chi connectivity index (χ0n) is 11.6. The zero-order valence-corrected chi connectivity index (χ0v) is 11.6. The van der Waals surface area contributed by atoms with Crippen LogP contribution in [0.5, 0.6) is 0 Å². The van der Waals surface area contributed by atoms with Crippen LogP contribution in [0.25, 0.3) is 0 Å². The second-order valence-electron chi connectivity index (χ2n) is 5.89. The first-order valence-electron chi connectivity index (χ1n) is 7.30. The van der Waals surface area contributed by atoms with Gasteiger partial charge < -0.3 is 15.3 Å². The maximum absolute atomic E-state index is 11.5. The van der Waals surface area contributed by atoms with E-state index in [2.05, 4.69) is 5.32 Å². The van der Waals surface area contributed by atoms with Crippen molar-refractivity contribution in [1.29, 1.82) is 0 Å². The lowest BCUT2D eigenvalue weighted by atomic mass is 9.90. The van der Waals surface area contributed by atoms with Gasteiger partial charge in [0.15, 0.2) is 0 Å². The van der Waals surface area contributed by atoms with Gasteiger partial charge in [-0.2, -0.15) is 0 Å². The number of carboxylic acids is 1. The Kier molecular flexibility index (Phi) is 4.80. The van der Waals surface area contributed by atoms with E-state index in [1.165, 1.54) is 39.0 Å². The summed E-state index contributed by atoms with van der Waals surface area (Å²) in [5.41, 5.74) is 0. The number of nitrogens with one attached hydrogen (secondary N) is 1. The molecule has 0 bridgehead atoms. The predicted molar refractivity (Wildman–Crippen MR) is 71.8 cm³/mol. The first kappa shape index (κ1) is 14.3. The van der Waals surface area contributed by atoms with Crippen LogP contribution in [0.3, 0.4) is 0 Å². The first-order chi connectivity index (χ1) is 9.06. The Labute approximate surface area is 114 Å². The third-order valence-electron chi connectivity index (χ3n) is 4.32. The average molecular weight is 268 g/mol. The fourth-order valence-corrected chi connectivity index (χ4v) is 3.26. The Morgan fingerprint density at radius 3 is 2.37 bits per heavy atom. The van der Waals surface area contributed by atoms with Gasteiger partial charge in [-0.1, -0.05) is 19.3 Å². The largest absolute Gasteiger partial charge is 0.481 e. The van der Waals surface area contributed by atoms with Crippen LogP contribution in [0.1, 0.15) is 45.4 Å². The summed E-state index contributed by atoms with van der Waals surface area (Å²) in [5, 5.41) is 12.8. The number of carbonyl (C=O) groups excluding carboxylic acids is 1. The quantitative estimate of drug-likeness (QED) is 0.807. The predicted octanol–water partition coefficient (Wildman–Crippen LogP) is 1.23. The molecule has 0 aromatic heterocycles. The van der Waals surface area contributed by atoms with Gasteiger partial charge in [-0.05, 0) is 19.3 Å². The molecule has 2 unspecified atom stereocenters. The summed E-state index contributed by atoms with van der Waals surface area (Å²) >= 11 is 0. The zero-order chi connectivity index (χ0) is 13.8. The van der Waals surface area contributed by atoms with Crippen LogP contribution < -0.4 is 5.32 Å². The van der Waals surface area contributed by atoms with E-state index >= 15 is 0 Å². The highest BCUT2D eigenvalue weighted by atomic mass is 16.4. The smallest absolute Gasteiger partial charge is 0.308 e. The van der Waals surface area contributed by atoms with Crippen LogP contribution in [-0.2, 0) is 9.59 Å². The molecule has 5 heteroatoms. The van der Waals surface area contributed by atoms with E-state index in [0.29, 0.717) is 25.6 Å². The van der Waals surface area contributed by atoms with E-state index in [1.807, 2.05) is 0 Å². The second-order valence-corrected chi connectivity index (χ2v) is 5.89. The highest BCUT2D eigenvalue weighted by molar-refractivity contribution is 5.76. The number of amides is 1. The molecule has 1 aliphatic carbocycles. The molecule has 0 aromatic carbocycles. The molecular weight excluding hydrogens is 244 g/mol. The summed E-state index contributed by atoms with van der Waals surface area (Å²) in [7, 11) is 0. The lowest BCUT2D eigenvalue weighted by Crippen LogP contribution is -2.54. The highest BCUT2D eigenvalue weighted by Gasteiger charge is 2.33. The summed E-state index contributed by atoms with van der Waals surface area (Å²) in [6.45, 7) is 2.52. The second kappa shape index (κ2) is 6.37. The number of nitrogens with zero attached hydrogens (tertiary/aromatic N) is 1. The average Bonchev–Trinajstić information content (AvgIpc) is 2.39. The molecule has 2 atom stereocenters. The number of likely N-dealkylation sites (tertiary alicyclic amines) is 1. The van der Waals surface area contributed by atoms with E-state index in [-0.39, 0.29) is 11.9 Å². The van der Waals surface area contributed by atoms with Crippen molar-refractivity contribution in [3.63, 3.8) is 0 Å². The van der Waals surface area contributed by atoms with Crippen molar-refractivity contribution in [2.75, 3.05) is 13.1 Å². The summed E-state index contributed by atoms with van der Waals surface area (Å²) in [4.78, 5) is 24.4. The minimum atomic E-state index is -0.790. The normalized spacial score (nSPS) is 29.2. The number of hydrogen-bond acceptors (Lipinski definition) is 3.